The van der Waals surface area contributed by atoms with Gasteiger partial charge in [0.15, 0.2) is 0 Å². The number of Topliss-reactive ketones (excluding diaryl/α,β-unsaturated/α-hetero) is 1. The van der Waals surface area contributed by atoms with Gasteiger partial charge in [0, 0.05) is 12.3 Å². The van der Waals surface area contributed by atoms with Gasteiger partial charge in [-0.1, -0.05) is 13.8 Å². The van der Waals surface area contributed by atoms with Crippen LogP contribution in [0, 0.1) is 11.8 Å². The van der Waals surface area contributed by atoms with E-state index in [0.29, 0.717) is 6.42 Å². The molecule has 0 aliphatic heterocycles. The maximum absolute atomic E-state index is 10.8. The second-order valence-corrected chi connectivity index (χ2v) is 3.05. The highest BCUT2D eigenvalue weighted by Gasteiger charge is 2.17. The summed E-state index contributed by atoms with van der Waals surface area (Å²) in [6, 6.07) is 0. The first kappa shape index (κ1) is 10.1. The zero-order valence-corrected chi connectivity index (χ0v) is 7.26. The van der Waals surface area contributed by atoms with E-state index in [2.05, 4.69) is 0 Å². The number of hydrogen-bond acceptors (Lipinski definition) is 2. The zero-order valence-electron chi connectivity index (χ0n) is 7.26. The molecule has 0 aromatic rings. The van der Waals surface area contributed by atoms with Crippen LogP contribution in [0.15, 0.2) is 0 Å². The maximum atomic E-state index is 10.8. The lowest BCUT2D eigenvalue weighted by molar-refractivity contribution is -0.123. The van der Waals surface area contributed by atoms with Gasteiger partial charge in [-0.3, -0.25) is 9.59 Å². The summed E-state index contributed by atoms with van der Waals surface area (Å²) in [4.78, 5) is 21.3. The van der Waals surface area contributed by atoms with E-state index in [0.717, 1.165) is 0 Å². The minimum atomic E-state index is -0.342. The average Bonchev–Trinajstić information content (AvgIpc) is 1.84. The largest absolute Gasteiger partial charge is 0.370 e. The molecule has 0 rings (SSSR count). The van der Waals surface area contributed by atoms with Crippen molar-refractivity contribution in [1.29, 1.82) is 0 Å². The number of ketones is 1. The minimum Gasteiger partial charge on any atom is -0.370 e. The topological polar surface area (TPSA) is 60.2 Å². The summed E-state index contributed by atoms with van der Waals surface area (Å²) in [5, 5.41) is 0. The molecule has 2 atom stereocenters. The van der Waals surface area contributed by atoms with Gasteiger partial charge in [-0.25, -0.2) is 0 Å². The number of hydrogen-bond donors (Lipinski definition) is 1. The molecule has 0 aromatic carbocycles. The van der Waals surface area contributed by atoms with Crippen molar-refractivity contribution in [2.45, 2.75) is 27.2 Å². The number of rotatable bonds is 4. The predicted molar refractivity (Wildman–Crippen MR) is 42.8 cm³/mol. The molecule has 0 heterocycles. The standard InChI is InChI=1S/C8H15NO2/c1-5(4-8(9)11)6(2)7(3)10/h5-6H,4H2,1-3H3,(H2,9,11). The van der Waals surface area contributed by atoms with Crippen molar-refractivity contribution in [3.8, 4) is 0 Å². The van der Waals surface area contributed by atoms with Crippen molar-refractivity contribution in [3.63, 3.8) is 0 Å². The first-order valence-corrected chi connectivity index (χ1v) is 3.74. The van der Waals surface area contributed by atoms with Crippen LogP contribution in [-0.2, 0) is 9.59 Å². The molecular weight excluding hydrogens is 142 g/mol. The van der Waals surface area contributed by atoms with Crippen molar-refractivity contribution in [2.75, 3.05) is 0 Å². The lowest BCUT2D eigenvalue weighted by Crippen LogP contribution is -2.22. The Morgan fingerprint density at radius 3 is 2.09 bits per heavy atom. The van der Waals surface area contributed by atoms with Gasteiger partial charge in [-0.15, -0.1) is 0 Å². The third-order valence-electron chi connectivity index (χ3n) is 2.02. The zero-order chi connectivity index (χ0) is 9.02. The Labute approximate surface area is 67.0 Å². The van der Waals surface area contributed by atoms with E-state index in [-0.39, 0.29) is 23.5 Å². The van der Waals surface area contributed by atoms with Crippen LogP contribution in [0.2, 0.25) is 0 Å². The van der Waals surface area contributed by atoms with Crippen molar-refractivity contribution in [1.82, 2.24) is 0 Å². The molecule has 3 nitrogen and oxygen atoms in total. The summed E-state index contributed by atoms with van der Waals surface area (Å²) in [6.07, 6.45) is 0.292. The second-order valence-electron chi connectivity index (χ2n) is 3.05. The highest BCUT2D eigenvalue weighted by Crippen LogP contribution is 2.14. The Kier molecular flexibility index (Phi) is 3.79. The van der Waals surface area contributed by atoms with E-state index < -0.39 is 0 Å². The highest BCUT2D eigenvalue weighted by molar-refractivity contribution is 5.80. The number of primary amides is 1. The lowest BCUT2D eigenvalue weighted by atomic mass is 9.90. The van der Waals surface area contributed by atoms with Gasteiger partial charge in [-0.2, -0.15) is 0 Å². The molecule has 0 fully saturated rings. The summed E-state index contributed by atoms with van der Waals surface area (Å²) >= 11 is 0. The Morgan fingerprint density at radius 2 is 1.82 bits per heavy atom. The SMILES string of the molecule is CC(=O)C(C)C(C)CC(N)=O. The van der Waals surface area contributed by atoms with Crippen LogP contribution in [0.5, 0.6) is 0 Å². The predicted octanol–water partition coefficient (Wildman–Crippen LogP) is 0.723. The fraction of sp³-hybridized carbons (Fsp3) is 0.750. The molecule has 2 N–H and O–H groups in total. The van der Waals surface area contributed by atoms with E-state index in [4.69, 9.17) is 5.73 Å². The third-order valence-corrected chi connectivity index (χ3v) is 2.02. The summed E-state index contributed by atoms with van der Waals surface area (Å²) < 4.78 is 0. The fourth-order valence-corrected chi connectivity index (χ4v) is 0.895. The molecule has 3 heteroatoms. The average molecular weight is 157 g/mol. The first-order valence-electron chi connectivity index (χ1n) is 3.74. The van der Waals surface area contributed by atoms with Crippen molar-refractivity contribution in [2.24, 2.45) is 17.6 Å². The second kappa shape index (κ2) is 4.11. The third kappa shape index (κ3) is 3.75. The smallest absolute Gasteiger partial charge is 0.217 e. The van der Waals surface area contributed by atoms with Crippen LogP contribution in [0.1, 0.15) is 27.2 Å². The van der Waals surface area contributed by atoms with Crippen LogP contribution in [0.4, 0.5) is 0 Å². The quantitative estimate of drug-likeness (QED) is 0.653. The summed E-state index contributed by atoms with van der Waals surface area (Å²) in [7, 11) is 0. The number of nitrogens with two attached hydrogens (primary N) is 1. The number of carbonyl (C=O) groups excluding carboxylic acids is 2. The van der Waals surface area contributed by atoms with Gasteiger partial charge in [0.25, 0.3) is 0 Å². The van der Waals surface area contributed by atoms with Gasteiger partial charge in [0.05, 0.1) is 0 Å². The van der Waals surface area contributed by atoms with Crippen LogP contribution in [0.25, 0.3) is 0 Å². The Hall–Kier alpha value is -0.860. The first-order chi connectivity index (χ1) is 4.95. The molecule has 0 bridgehead atoms. The molecule has 0 aliphatic carbocycles. The van der Waals surface area contributed by atoms with E-state index in [1.54, 1.807) is 0 Å². The van der Waals surface area contributed by atoms with Gasteiger partial charge < -0.3 is 5.73 Å². The Morgan fingerprint density at radius 1 is 1.36 bits per heavy atom. The lowest BCUT2D eigenvalue weighted by Gasteiger charge is -2.14. The number of amides is 1. The Bertz CT molecular complexity index is 165. The molecule has 0 spiro atoms. The van der Waals surface area contributed by atoms with Crippen LogP contribution in [-0.4, -0.2) is 11.7 Å². The molecule has 0 saturated carbocycles. The van der Waals surface area contributed by atoms with Gasteiger partial charge in [0.1, 0.15) is 5.78 Å². The maximum Gasteiger partial charge on any atom is 0.217 e. The molecule has 2 unspecified atom stereocenters. The monoisotopic (exact) mass is 157 g/mol. The summed E-state index contributed by atoms with van der Waals surface area (Å²) in [5.74, 6) is -0.239. The van der Waals surface area contributed by atoms with E-state index in [9.17, 15) is 9.59 Å². The molecule has 64 valence electrons. The molecular formula is C8H15NO2. The van der Waals surface area contributed by atoms with Gasteiger partial charge in [0.2, 0.25) is 5.91 Å². The van der Waals surface area contributed by atoms with Gasteiger partial charge >= 0.3 is 0 Å². The van der Waals surface area contributed by atoms with Crippen molar-refractivity contribution in [3.05, 3.63) is 0 Å². The van der Waals surface area contributed by atoms with Crippen LogP contribution >= 0.6 is 0 Å². The molecule has 0 aliphatic rings. The van der Waals surface area contributed by atoms with Crippen LogP contribution < -0.4 is 5.73 Å². The minimum absolute atomic E-state index is 0.0602. The van der Waals surface area contributed by atoms with E-state index >= 15 is 0 Å². The molecule has 1 amide bonds. The molecule has 0 aromatic heterocycles. The van der Waals surface area contributed by atoms with Gasteiger partial charge in [-0.05, 0) is 12.8 Å². The molecule has 0 saturated heterocycles. The van der Waals surface area contributed by atoms with E-state index in [1.807, 2.05) is 13.8 Å². The summed E-state index contributed by atoms with van der Waals surface area (Å²) in [5.41, 5.74) is 4.98. The van der Waals surface area contributed by atoms with Crippen molar-refractivity contribution >= 4 is 11.7 Å². The van der Waals surface area contributed by atoms with Crippen LogP contribution in [0.3, 0.4) is 0 Å². The number of carbonyl (C=O) groups is 2. The van der Waals surface area contributed by atoms with E-state index in [1.165, 1.54) is 6.92 Å². The molecule has 0 radical (unpaired) electrons. The van der Waals surface area contributed by atoms with Crippen molar-refractivity contribution < 1.29 is 9.59 Å². The summed E-state index contributed by atoms with van der Waals surface area (Å²) in [6.45, 7) is 5.20. The normalized spacial score (nSPS) is 15.5. The fourth-order valence-electron chi connectivity index (χ4n) is 0.895. The Balaban J connectivity index is 3.92. The molecule has 11 heavy (non-hydrogen) atoms. The highest BCUT2D eigenvalue weighted by atomic mass is 16.1.